The van der Waals surface area contributed by atoms with Crippen molar-refractivity contribution in [2.45, 2.75) is 65.8 Å². The Labute approximate surface area is 287 Å². The van der Waals surface area contributed by atoms with Gasteiger partial charge >= 0.3 is 6.03 Å². The van der Waals surface area contributed by atoms with Crippen LogP contribution in [0.2, 0.25) is 0 Å². The van der Waals surface area contributed by atoms with Crippen molar-refractivity contribution in [2.75, 3.05) is 23.8 Å². The summed E-state index contributed by atoms with van der Waals surface area (Å²) >= 11 is 0. The van der Waals surface area contributed by atoms with Gasteiger partial charge in [-0.1, -0.05) is 64.1 Å². The van der Waals surface area contributed by atoms with E-state index in [1.165, 1.54) is 6.92 Å². The fourth-order valence-electron chi connectivity index (χ4n) is 5.92. The summed E-state index contributed by atoms with van der Waals surface area (Å²) in [6.45, 7) is 10.9. The fraction of sp³-hybridized carbons (Fsp3) is 0.308. The number of fused-ring (bicyclic) bond motifs is 1. The van der Waals surface area contributed by atoms with Gasteiger partial charge in [-0.2, -0.15) is 0 Å². The highest BCUT2D eigenvalue weighted by atomic mass is 16.5. The Hall–Kier alpha value is -5.51. The minimum atomic E-state index is -0.524. The lowest BCUT2D eigenvalue weighted by Gasteiger charge is -2.22. The maximum Gasteiger partial charge on any atom is 0.323 e. The van der Waals surface area contributed by atoms with E-state index in [1.54, 1.807) is 17.0 Å². The molecule has 0 bridgehead atoms. The van der Waals surface area contributed by atoms with Crippen LogP contribution in [0.15, 0.2) is 90.0 Å². The van der Waals surface area contributed by atoms with Crippen LogP contribution < -0.4 is 26.2 Å². The van der Waals surface area contributed by atoms with Gasteiger partial charge < -0.3 is 20.7 Å². The molecule has 3 aromatic heterocycles. The van der Waals surface area contributed by atoms with Gasteiger partial charge in [0.2, 0.25) is 5.91 Å². The second-order valence-corrected chi connectivity index (χ2v) is 12.6. The molecule has 0 aliphatic carbocycles. The van der Waals surface area contributed by atoms with Gasteiger partial charge in [-0.05, 0) is 71.3 Å². The molecule has 0 aliphatic heterocycles. The first-order chi connectivity index (χ1) is 23.6. The third kappa shape index (κ3) is 8.51. The third-order valence-corrected chi connectivity index (χ3v) is 8.28. The van der Waals surface area contributed by atoms with E-state index in [4.69, 9.17) is 4.74 Å². The monoisotopic (exact) mass is 660 g/mol. The van der Waals surface area contributed by atoms with Gasteiger partial charge in [0.1, 0.15) is 17.1 Å². The first-order valence-electron chi connectivity index (χ1n) is 16.7. The predicted octanol–water partition coefficient (Wildman–Crippen LogP) is 7.50. The number of urea groups is 1. The molecule has 0 unspecified atom stereocenters. The molecule has 2 aromatic carbocycles. The highest BCUT2D eigenvalue weighted by Gasteiger charge is 2.23. The zero-order valence-electron chi connectivity index (χ0n) is 28.7. The Morgan fingerprint density at radius 3 is 2.24 bits per heavy atom. The molecule has 10 heteroatoms. The number of para-hydroxylation sites is 1. The quantitative estimate of drug-likeness (QED) is 0.112. The van der Waals surface area contributed by atoms with Crippen molar-refractivity contribution in [1.82, 2.24) is 19.9 Å². The second kappa shape index (κ2) is 16.1. The summed E-state index contributed by atoms with van der Waals surface area (Å²) in [5.74, 6) is 0.803. The van der Waals surface area contributed by atoms with E-state index in [1.807, 2.05) is 72.8 Å². The molecule has 0 aliphatic rings. The number of hydrogen-bond donors (Lipinski definition) is 3. The normalized spacial score (nSPS) is 11.2. The molecule has 254 valence electrons. The van der Waals surface area contributed by atoms with Crippen molar-refractivity contribution in [3.8, 4) is 16.9 Å². The van der Waals surface area contributed by atoms with Crippen LogP contribution in [0.4, 0.5) is 16.2 Å². The third-order valence-electron chi connectivity index (χ3n) is 8.28. The Morgan fingerprint density at radius 2 is 1.55 bits per heavy atom. The number of nitrogens with zero attached hydrogens (tertiary/aromatic N) is 3. The van der Waals surface area contributed by atoms with E-state index in [0.717, 1.165) is 22.5 Å². The predicted molar refractivity (Wildman–Crippen MR) is 195 cm³/mol. The number of carbonyl (C=O) groups is 2. The first-order valence-corrected chi connectivity index (χ1v) is 16.7. The Balaban J connectivity index is 1.57. The van der Waals surface area contributed by atoms with Crippen LogP contribution >= 0.6 is 0 Å². The summed E-state index contributed by atoms with van der Waals surface area (Å²) in [6, 6.07) is 22.5. The van der Waals surface area contributed by atoms with Crippen LogP contribution in [-0.4, -0.2) is 39.6 Å². The van der Waals surface area contributed by atoms with Gasteiger partial charge in [-0.25, -0.2) is 9.78 Å². The molecule has 10 nitrogen and oxygen atoms in total. The second-order valence-electron chi connectivity index (χ2n) is 12.6. The number of benzene rings is 2. The molecule has 0 radical (unpaired) electrons. The lowest BCUT2D eigenvalue weighted by molar-refractivity contribution is -0.118. The lowest BCUT2D eigenvalue weighted by atomic mass is 9.93. The zero-order valence-corrected chi connectivity index (χ0v) is 28.7. The molecule has 0 saturated heterocycles. The van der Waals surface area contributed by atoms with Gasteiger partial charge in [0.25, 0.3) is 5.56 Å². The number of hydrogen-bond acceptors (Lipinski definition) is 6. The van der Waals surface area contributed by atoms with E-state index in [-0.39, 0.29) is 30.0 Å². The van der Waals surface area contributed by atoms with Gasteiger partial charge in [0.15, 0.2) is 0 Å². The van der Waals surface area contributed by atoms with Crippen molar-refractivity contribution in [2.24, 2.45) is 0 Å². The number of nitrogens with one attached hydrogen (secondary N) is 3. The molecule has 49 heavy (non-hydrogen) atoms. The molecule has 3 N–H and O–H groups in total. The van der Waals surface area contributed by atoms with Gasteiger partial charge in [0.05, 0.1) is 6.61 Å². The average Bonchev–Trinajstić information content (AvgIpc) is 3.08. The molecule has 3 heterocycles. The lowest BCUT2D eigenvalue weighted by Crippen LogP contribution is -2.31. The summed E-state index contributed by atoms with van der Waals surface area (Å²) in [4.78, 5) is 48.8. The van der Waals surface area contributed by atoms with E-state index in [9.17, 15) is 14.4 Å². The van der Waals surface area contributed by atoms with E-state index in [0.29, 0.717) is 53.9 Å². The molecule has 0 fully saturated rings. The maximum absolute atomic E-state index is 14.4. The summed E-state index contributed by atoms with van der Waals surface area (Å²) in [5.41, 5.74) is 5.12. The topological polar surface area (TPSA) is 127 Å². The maximum atomic E-state index is 14.4. The van der Waals surface area contributed by atoms with Crippen LogP contribution in [0.1, 0.15) is 69.7 Å². The summed E-state index contributed by atoms with van der Waals surface area (Å²) < 4.78 is 7.68. The standard InChI is InChI=1S/C39H44N6O4/c1-25(2)31-15-9-16-32(26(3)4)35(31)43-39(48)44-36-34(28-12-8-14-30(24-28)49-23-18-29-13-6-7-19-41-29)33-17-10-20-42-37(33)45(38(36)47)22-11-21-40-27(5)46/h6-10,12-17,19-20,24-26H,11,18,21-23H2,1-5H3,(H,40,46)(H2,43,44,48). The minimum absolute atomic E-state index is 0.122. The smallest absolute Gasteiger partial charge is 0.323 e. The number of aromatic nitrogens is 3. The summed E-state index contributed by atoms with van der Waals surface area (Å²) in [5, 5.41) is 9.52. The van der Waals surface area contributed by atoms with Crippen molar-refractivity contribution >= 4 is 34.3 Å². The number of ether oxygens (including phenoxy) is 1. The average molecular weight is 661 g/mol. The molecular formula is C39H44N6O4. The largest absolute Gasteiger partial charge is 0.493 e. The van der Waals surface area contributed by atoms with Crippen LogP contribution in [0, 0.1) is 0 Å². The number of amides is 3. The van der Waals surface area contributed by atoms with Gasteiger partial charge in [-0.3, -0.25) is 19.1 Å². The van der Waals surface area contributed by atoms with Crippen LogP contribution in [0.25, 0.3) is 22.2 Å². The van der Waals surface area contributed by atoms with Gasteiger partial charge in [0, 0.05) is 61.2 Å². The molecule has 0 atom stereocenters. The first kappa shape index (κ1) is 34.8. The highest BCUT2D eigenvalue weighted by Crippen LogP contribution is 2.36. The summed E-state index contributed by atoms with van der Waals surface area (Å²) in [7, 11) is 0. The molecule has 5 rings (SSSR count). The van der Waals surface area contributed by atoms with Crippen molar-refractivity contribution < 1.29 is 14.3 Å². The van der Waals surface area contributed by atoms with E-state index >= 15 is 0 Å². The fourth-order valence-corrected chi connectivity index (χ4v) is 5.92. The summed E-state index contributed by atoms with van der Waals surface area (Å²) in [6.07, 6.45) is 4.53. The SMILES string of the molecule is CC(=O)NCCCn1c(=O)c(NC(=O)Nc2c(C(C)C)cccc2C(C)C)c(-c2cccc(OCCc3ccccn3)c2)c2cccnc21. The minimum Gasteiger partial charge on any atom is -0.493 e. The zero-order chi connectivity index (χ0) is 34.9. The molecule has 0 saturated carbocycles. The molecule has 0 spiro atoms. The van der Waals surface area contributed by atoms with Crippen LogP contribution in [-0.2, 0) is 17.8 Å². The van der Waals surface area contributed by atoms with Crippen LogP contribution in [0.3, 0.4) is 0 Å². The number of pyridine rings is 3. The Kier molecular flexibility index (Phi) is 11.4. The highest BCUT2D eigenvalue weighted by molar-refractivity contribution is 6.07. The molecule has 5 aromatic rings. The molecule has 3 amide bonds. The number of anilines is 2. The van der Waals surface area contributed by atoms with Crippen molar-refractivity contribution in [3.05, 3.63) is 112 Å². The molecular weight excluding hydrogens is 616 g/mol. The van der Waals surface area contributed by atoms with Crippen molar-refractivity contribution in [1.29, 1.82) is 0 Å². The Bertz CT molecular complexity index is 1960. The van der Waals surface area contributed by atoms with E-state index < -0.39 is 11.6 Å². The van der Waals surface area contributed by atoms with Crippen LogP contribution in [0.5, 0.6) is 5.75 Å². The van der Waals surface area contributed by atoms with E-state index in [2.05, 4.69) is 53.6 Å². The van der Waals surface area contributed by atoms with Crippen molar-refractivity contribution in [3.63, 3.8) is 0 Å². The number of carbonyl (C=O) groups excluding carboxylic acids is 2. The Morgan fingerprint density at radius 1 is 0.837 bits per heavy atom. The number of rotatable bonds is 13. The van der Waals surface area contributed by atoms with Gasteiger partial charge in [-0.15, -0.1) is 0 Å². The number of aryl methyl sites for hydroxylation is 1.